The molecule has 2 nitrogen and oxygen atoms in total. The van der Waals surface area contributed by atoms with Crippen molar-refractivity contribution in [2.24, 2.45) is 0 Å². The largest absolute Gasteiger partial charge is 0.379 e. The molecule has 1 saturated heterocycles. The fraction of sp³-hybridized carbons (Fsp3) is 0.571. The van der Waals surface area contributed by atoms with Gasteiger partial charge in [0.05, 0.1) is 13.2 Å². The van der Waals surface area contributed by atoms with Crippen LogP contribution in [0.3, 0.4) is 0 Å². The normalized spacial score (nSPS) is 17.6. The first kappa shape index (κ1) is 11.6. The third kappa shape index (κ3) is 2.83. The van der Waals surface area contributed by atoms with E-state index >= 15 is 0 Å². The molecule has 0 unspecified atom stereocenters. The van der Waals surface area contributed by atoms with Crippen molar-refractivity contribution in [2.45, 2.75) is 20.3 Å². The fourth-order valence-corrected chi connectivity index (χ4v) is 2.34. The molecule has 16 heavy (non-hydrogen) atoms. The molecule has 1 aliphatic rings. The van der Waals surface area contributed by atoms with Crippen molar-refractivity contribution < 1.29 is 4.74 Å². The maximum atomic E-state index is 5.36. The highest BCUT2D eigenvalue weighted by molar-refractivity contribution is 5.33. The van der Waals surface area contributed by atoms with Crippen LogP contribution in [-0.2, 0) is 11.2 Å². The minimum absolute atomic E-state index is 0.896. The summed E-state index contributed by atoms with van der Waals surface area (Å²) in [6.07, 6.45) is 1.17. The van der Waals surface area contributed by atoms with Crippen molar-refractivity contribution in [3.8, 4) is 0 Å². The van der Waals surface area contributed by atoms with Crippen LogP contribution in [0.15, 0.2) is 18.2 Å². The second-order valence-electron chi connectivity index (χ2n) is 4.57. The van der Waals surface area contributed by atoms with Crippen LogP contribution in [0.25, 0.3) is 0 Å². The highest BCUT2D eigenvalue weighted by Crippen LogP contribution is 2.14. The smallest absolute Gasteiger partial charge is 0.0594 e. The van der Waals surface area contributed by atoms with Crippen LogP contribution in [0.2, 0.25) is 0 Å². The lowest BCUT2D eigenvalue weighted by atomic mass is 10.00. The van der Waals surface area contributed by atoms with Gasteiger partial charge in [-0.15, -0.1) is 0 Å². The number of rotatable bonds is 3. The van der Waals surface area contributed by atoms with Crippen molar-refractivity contribution in [1.82, 2.24) is 4.90 Å². The molecule has 0 bridgehead atoms. The summed E-state index contributed by atoms with van der Waals surface area (Å²) in [5.41, 5.74) is 4.37. The molecule has 0 saturated carbocycles. The third-order valence-corrected chi connectivity index (χ3v) is 3.43. The Morgan fingerprint density at radius 1 is 1.12 bits per heavy atom. The summed E-state index contributed by atoms with van der Waals surface area (Å²) < 4.78 is 5.36. The molecule has 0 aliphatic carbocycles. The summed E-state index contributed by atoms with van der Waals surface area (Å²) in [5.74, 6) is 0. The first-order valence-corrected chi connectivity index (χ1v) is 6.12. The van der Waals surface area contributed by atoms with E-state index in [0.29, 0.717) is 0 Å². The molecule has 1 fully saturated rings. The van der Waals surface area contributed by atoms with Crippen LogP contribution >= 0.6 is 0 Å². The van der Waals surface area contributed by atoms with E-state index in [-0.39, 0.29) is 0 Å². The van der Waals surface area contributed by atoms with Crippen LogP contribution < -0.4 is 0 Å². The van der Waals surface area contributed by atoms with Crippen molar-refractivity contribution in [1.29, 1.82) is 0 Å². The number of nitrogens with zero attached hydrogens (tertiary/aromatic N) is 1. The van der Waals surface area contributed by atoms with Crippen molar-refractivity contribution in [3.05, 3.63) is 34.9 Å². The molecule has 1 aromatic rings. The first-order chi connectivity index (χ1) is 7.77. The van der Waals surface area contributed by atoms with Gasteiger partial charge >= 0.3 is 0 Å². The second-order valence-corrected chi connectivity index (χ2v) is 4.57. The van der Waals surface area contributed by atoms with Gasteiger partial charge in [-0.3, -0.25) is 4.90 Å². The summed E-state index contributed by atoms with van der Waals surface area (Å²) >= 11 is 0. The van der Waals surface area contributed by atoms with Crippen molar-refractivity contribution >= 4 is 0 Å². The Bertz CT molecular complexity index is 322. The maximum Gasteiger partial charge on any atom is 0.0594 e. The van der Waals surface area contributed by atoms with E-state index in [1.165, 1.54) is 23.1 Å². The Kier molecular flexibility index (Phi) is 3.97. The van der Waals surface area contributed by atoms with Gasteiger partial charge in [0.1, 0.15) is 0 Å². The number of hydrogen-bond donors (Lipinski definition) is 0. The Balaban J connectivity index is 1.93. The predicted molar refractivity (Wildman–Crippen MR) is 66.9 cm³/mol. The van der Waals surface area contributed by atoms with Gasteiger partial charge < -0.3 is 4.74 Å². The number of hydrogen-bond acceptors (Lipinski definition) is 2. The molecule has 2 rings (SSSR count). The van der Waals surface area contributed by atoms with E-state index in [1.54, 1.807) is 0 Å². The molecule has 0 spiro atoms. The van der Waals surface area contributed by atoms with E-state index in [9.17, 15) is 0 Å². The van der Waals surface area contributed by atoms with E-state index in [2.05, 4.69) is 36.9 Å². The average molecular weight is 219 g/mol. The Morgan fingerprint density at radius 2 is 1.75 bits per heavy atom. The molecule has 1 aliphatic heterocycles. The Hall–Kier alpha value is -0.860. The molecular formula is C14H21NO. The molecule has 0 amide bonds. The summed E-state index contributed by atoms with van der Waals surface area (Å²) in [4.78, 5) is 2.50. The van der Waals surface area contributed by atoms with Gasteiger partial charge in [0.2, 0.25) is 0 Å². The number of aryl methyl sites for hydroxylation is 2. The molecule has 0 radical (unpaired) electrons. The maximum absolute atomic E-state index is 5.36. The van der Waals surface area contributed by atoms with E-state index in [1.807, 2.05) is 0 Å². The van der Waals surface area contributed by atoms with Gasteiger partial charge in [-0.2, -0.15) is 0 Å². The van der Waals surface area contributed by atoms with E-state index in [0.717, 1.165) is 32.8 Å². The van der Waals surface area contributed by atoms with Gasteiger partial charge in [-0.1, -0.05) is 18.2 Å². The number of benzene rings is 1. The quantitative estimate of drug-likeness (QED) is 0.772. The molecule has 1 aromatic carbocycles. The number of morpholine rings is 1. The van der Waals surface area contributed by atoms with Crippen molar-refractivity contribution in [3.63, 3.8) is 0 Å². The zero-order chi connectivity index (χ0) is 11.4. The van der Waals surface area contributed by atoms with Gasteiger partial charge in [0.15, 0.2) is 0 Å². The molecule has 88 valence electrons. The molecule has 2 heteroatoms. The lowest BCUT2D eigenvalue weighted by Crippen LogP contribution is -2.37. The highest BCUT2D eigenvalue weighted by atomic mass is 16.5. The molecule has 0 atom stereocenters. The minimum Gasteiger partial charge on any atom is -0.379 e. The highest BCUT2D eigenvalue weighted by Gasteiger charge is 2.11. The molecule has 0 N–H and O–H groups in total. The lowest BCUT2D eigenvalue weighted by Gasteiger charge is -2.27. The van der Waals surface area contributed by atoms with Crippen LogP contribution in [0, 0.1) is 13.8 Å². The summed E-state index contributed by atoms with van der Waals surface area (Å²) in [5, 5.41) is 0. The third-order valence-electron chi connectivity index (χ3n) is 3.43. The summed E-state index contributed by atoms with van der Waals surface area (Å²) in [7, 11) is 0. The van der Waals surface area contributed by atoms with Gasteiger partial charge in [0.25, 0.3) is 0 Å². The SMILES string of the molecule is Cc1cccc(C)c1CCN1CCOCC1. The van der Waals surface area contributed by atoms with Crippen LogP contribution in [0.1, 0.15) is 16.7 Å². The monoisotopic (exact) mass is 219 g/mol. The minimum atomic E-state index is 0.896. The summed E-state index contributed by atoms with van der Waals surface area (Å²) in [6, 6.07) is 6.56. The van der Waals surface area contributed by atoms with Gasteiger partial charge in [0, 0.05) is 19.6 Å². The topological polar surface area (TPSA) is 12.5 Å². The molecular weight excluding hydrogens is 198 g/mol. The average Bonchev–Trinajstić information content (AvgIpc) is 2.30. The number of ether oxygens (including phenoxy) is 1. The first-order valence-electron chi connectivity index (χ1n) is 6.12. The zero-order valence-corrected chi connectivity index (χ0v) is 10.3. The summed E-state index contributed by atoms with van der Waals surface area (Å²) in [6.45, 7) is 9.55. The van der Waals surface area contributed by atoms with Crippen LogP contribution in [-0.4, -0.2) is 37.7 Å². The molecule has 1 heterocycles. The van der Waals surface area contributed by atoms with Crippen LogP contribution in [0.5, 0.6) is 0 Å². The van der Waals surface area contributed by atoms with Gasteiger partial charge in [-0.25, -0.2) is 0 Å². The van der Waals surface area contributed by atoms with Crippen LogP contribution in [0.4, 0.5) is 0 Å². The molecule has 0 aromatic heterocycles. The zero-order valence-electron chi connectivity index (χ0n) is 10.3. The second kappa shape index (κ2) is 5.46. The predicted octanol–water partition coefficient (Wildman–Crippen LogP) is 2.18. The standard InChI is InChI=1S/C14H21NO/c1-12-4-3-5-13(2)14(12)6-7-15-8-10-16-11-9-15/h3-5H,6-11H2,1-2H3. The van der Waals surface area contributed by atoms with E-state index < -0.39 is 0 Å². The van der Waals surface area contributed by atoms with Gasteiger partial charge in [-0.05, 0) is 37.0 Å². The Morgan fingerprint density at radius 3 is 2.38 bits per heavy atom. The fourth-order valence-electron chi connectivity index (χ4n) is 2.34. The Labute approximate surface area is 98.2 Å². The lowest BCUT2D eigenvalue weighted by molar-refractivity contribution is 0.0384. The van der Waals surface area contributed by atoms with E-state index in [4.69, 9.17) is 4.74 Å². The van der Waals surface area contributed by atoms with Crippen molar-refractivity contribution in [2.75, 3.05) is 32.8 Å².